The molecule has 2 aromatic heterocycles. The Balaban J connectivity index is 1.47. The van der Waals surface area contributed by atoms with Gasteiger partial charge in [-0.15, -0.1) is 0 Å². The number of benzene rings is 2. The average molecular weight is 489 g/mol. The molecule has 0 radical (unpaired) electrons. The van der Waals surface area contributed by atoms with Crippen LogP contribution in [0.5, 0.6) is 5.75 Å². The number of para-hydroxylation sites is 1. The van der Waals surface area contributed by atoms with E-state index in [2.05, 4.69) is 19.8 Å². The summed E-state index contributed by atoms with van der Waals surface area (Å²) < 4.78 is 19.0. The van der Waals surface area contributed by atoms with E-state index in [1.54, 1.807) is 13.3 Å². The van der Waals surface area contributed by atoms with Crippen molar-refractivity contribution >= 4 is 16.8 Å². The minimum atomic E-state index is -0.348. The number of hydrogen-bond acceptors (Lipinski definition) is 6. The van der Waals surface area contributed by atoms with E-state index in [0.717, 1.165) is 67.3 Å². The van der Waals surface area contributed by atoms with Crippen molar-refractivity contribution in [1.82, 2.24) is 19.8 Å². The van der Waals surface area contributed by atoms with Crippen LogP contribution in [0, 0.1) is 6.92 Å². The van der Waals surface area contributed by atoms with Gasteiger partial charge in [0.25, 0.3) is 5.91 Å². The van der Waals surface area contributed by atoms with E-state index < -0.39 is 0 Å². The van der Waals surface area contributed by atoms with Crippen molar-refractivity contribution in [3.05, 3.63) is 83.7 Å². The zero-order valence-electron chi connectivity index (χ0n) is 20.8. The highest BCUT2D eigenvalue weighted by Crippen LogP contribution is 2.33. The fourth-order valence-corrected chi connectivity index (χ4v) is 5.00. The molecule has 2 aromatic carbocycles. The van der Waals surface area contributed by atoms with Gasteiger partial charge < -0.3 is 23.8 Å². The second-order valence-electron chi connectivity index (χ2n) is 9.04. The van der Waals surface area contributed by atoms with E-state index in [4.69, 9.17) is 13.9 Å². The summed E-state index contributed by atoms with van der Waals surface area (Å²) in [7, 11) is 1.67. The highest BCUT2D eigenvalue weighted by molar-refractivity contribution is 6.09. The van der Waals surface area contributed by atoms with Gasteiger partial charge in [-0.1, -0.05) is 42.5 Å². The third-order valence-electron chi connectivity index (χ3n) is 6.88. The highest BCUT2D eigenvalue weighted by Gasteiger charge is 2.26. The van der Waals surface area contributed by atoms with Gasteiger partial charge >= 0.3 is 0 Å². The molecule has 1 unspecified atom stereocenters. The molecule has 0 saturated carbocycles. The number of nitrogens with one attached hydrogen (secondary N) is 1. The molecule has 188 valence electrons. The standard InChI is InChI=1S/C28H32N4O4/c1-20-26(28(33)30-23(25-18-29-19-36-25)17-21-7-4-3-5-8-21)22-9-6-10-24(34-2)27(22)32(20)12-11-31-13-15-35-16-14-31/h3-10,18-19,23H,11-17H2,1-2H3,(H,30,33). The second kappa shape index (κ2) is 11.0. The van der Waals surface area contributed by atoms with E-state index in [0.29, 0.717) is 17.7 Å². The van der Waals surface area contributed by atoms with Crippen LogP contribution in [0.4, 0.5) is 0 Å². The molecule has 0 aliphatic carbocycles. The van der Waals surface area contributed by atoms with Gasteiger partial charge in [-0.3, -0.25) is 9.69 Å². The fraction of sp³-hybridized carbons (Fsp3) is 0.357. The van der Waals surface area contributed by atoms with Crippen molar-refractivity contribution in [1.29, 1.82) is 0 Å². The van der Waals surface area contributed by atoms with Crippen molar-refractivity contribution in [3.8, 4) is 5.75 Å². The van der Waals surface area contributed by atoms with Crippen molar-refractivity contribution < 1.29 is 18.7 Å². The Labute approximate surface area is 210 Å². The molecule has 3 heterocycles. The Morgan fingerprint density at radius 3 is 2.64 bits per heavy atom. The third kappa shape index (κ3) is 5.01. The van der Waals surface area contributed by atoms with Crippen LogP contribution in [-0.4, -0.2) is 60.3 Å². The first kappa shape index (κ1) is 24.1. The van der Waals surface area contributed by atoms with E-state index in [-0.39, 0.29) is 11.9 Å². The van der Waals surface area contributed by atoms with Gasteiger partial charge in [0.1, 0.15) is 11.5 Å². The maximum absolute atomic E-state index is 13.8. The molecule has 1 aliphatic rings. The summed E-state index contributed by atoms with van der Waals surface area (Å²) in [5, 5.41) is 4.10. The van der Waals surface area contributed by atoms with Crippen LogP contribution in [0.1, 0.15) is 33.4 Å². The molecule has 1 aliphatic heterocycles. The van der Waals surface area contributed by atoms with Crippen molar-refractivity contribution in [3.63, 3.8) is 0 Å². The maximum atomic E-state index is 13.8. The Morgan fingerprint density at radius 1 is 1.11 bits per heavy atom. The molecule has 8 heteroatoms. The lowest BCUT2D eigenvalue weighted by Gasteiger charge is -2.27. The summed E-state index contributed by atoms with van der Waals surface area (Å²) >= 11 is 0. The monoisotopic (exact) mass is 488 g/mol. The number of rotatable bonds is 9. The van der Waals surface area contributed by atoms with Crippen molar-refractivity contribution in [2.45, 2.75) is 25.9 Å². The predicted molar refractivity (Wildman–Crippen MR) is 137 cm³/mol. The number of carbonyl (C=O) groups is 1. The quantitative estimate of drug-likeness (QED) is 0.384. The fourth-order valence-electron chi connectivity index (χ4n) is 5.00. The number of carbonyl (C=O) groups excluding carboxylic acids is 1. The number of ether oxygens (including phenoxy) is 2. The number of hydrogen-bond donors (Lipinski definition) is 1. The number of aromatic nitrogens is 2. The normalized spacial score (nSPS) is 15.2. The Kier molecular flexibility index (Phi) is 7.34. The second-order valence-corrected chi connectivity index (χ2v) is 9.04. The van der Waals surface area contributed by atoms with Gasteiger partial charge in [-0.25, -0.2) is 4.98 Å². The smallest absolute Gasteiger partial charge is 0.254 e. The number of amides is 1. The number of methoxy groups -OCH3 is 1. The van der Waals surface area contributed by atoms with Crippen LogP contribution in [0.15, 0.2) is 65.5 Å². The molecule has 0 spiro atoms. The largest absolute Gasteiger partial charge is 0.495 e. The molecular weight excluding hydrogens is 456 g/mol. The minimum absolute atomic E-state index is 0.145. The molecule has 1 N–H and O–H groups in total. The molecular formula is C28H32N4O4. The maximum Gasteiger partial charge on any atom is 0.254 e. The predicted octanol–water partition coefficient (Wildman–Crippen LogP) is 3.99. The molecule has 4 aromatic rings. The van der Waals surface area contributed by atoms with Gasteiger partial charge in [0, 0.05) is 37.3 Å². The molecule has 1 atom stereocenters. The molecule has 8 nitrogen and oxygen atoms in total. The van der Waals surface area contributed by atoms with Crippen molar-refractivity contribution in [2.24, 2.45) is 0 Å². The van der Waals surface area contributed by atoms with E-state index in [1.165, 1.54) is 6.39 Å². The topological polar surface area (TPSA) is 81.8 Å². The SMILES string of the molecule is COc1cccc2c(C(=O)NC(Cc3ccccc3)c3cnco3)c(C)n(CCN3CCOCC3)c12. The summed E-state index contributed by atoms with van der Waals surface area (Å²) in [6, 6.07) is 15.6. The first-order chi connectivity index (χ1) is 17.7. The van der Waals surface area contributed by atoms with E-state index in [1.807, 2.05) is 55.5 Å². The number of fused-ring (bicyclic) bond motifs is 1. The lowest BCUT2D eigenvalue weighted by Crippen LogP contribution is -2.38. The zero-order chi connectivity index (χ0) is 24.9. The lowest BCUT2D eigenvalue weighted by atomic mass is 10.0. The van der Waals surface area contributed by atoms with Crippen molar-refractivity contribution in [2.75, 3.05) is 40.0 Å². The van der Waals surface area contributed by atoms with Crippen LogP contribution in [0.25, 0.3) is 10.9 Å². The number of morpholine rings is 1. The van der Waals surface area contributed by atoms with Crippen LogP contribution in [0.2, 0.25) is 0 Å². The Bertz CT molecular complexity index is 1290. The van der Waals surface area contributed by atoms with Gasteiger partial charge in [0.05, 0.1) is 43.6 Å². The molecule has 1 amide bonds. The molecule has 1 fully saturated rings. The Morgan fingerprint density at radius 2 is 1.92 bits per heavy atom. The zero-order valence-corrected chi connectivity index (χ0v) is 20.8. The molecule has 5 rings (SSSR count). The summed E-state index contributed by atoms with van der Waals surface area (Å²) in [5.41, 5.74) is 3.61. The molecule has 0 bridgehead atoms. The van der Waals surface area contributed by atoms with Crippen LogP contribution in [-0.2, 0) is 17.7 Å². The first-order valence-electron chi connectivity index (χ1n) is 12.3. The van der Waals surface area contributed by atoms with Crippen LogP contribution >= 0.6 is 0 Å². The summed E-state index contributed by atoms with van der Waals surface area (Å²) in [5.74, 6) is 1.24. The number of oxazole rings is 1. The lowest BCUT2D eigenvalue weighted by molar-refractivity contribution is 0.0365. The van der Waals surface area contributed by atoms with Gasteiger partial charge in [-0.05, 0) is 25.0 Å². The third-order valence-corrected chi connectivity index (χ3v) is 6.88. The highest BCUT2D eigenvalue weighted by atomic mass is 16.5. The molecule has 36 heavy (non-hydrogen) atoms. The first-order valence-corrected chi connectivity index (χ1v) is 12.3. The van der Waals surface area contributed by atoms with Crippen LogP contribution in [0.3, 0.4) is 0 Å². The van der Waals surface area contributed by atoms with Gasteiger partial charge in [-0.2, -0.15) is 0 Å². The van der Waals surface area contributed by atoms with E-state index >= 15 is 0 Å². The summed E-state index contributed by atoms with van der Waals surface area (Å²) in [4.78, 5) is 20.3. The van der Waals surface area contributed by atoms with E-state index in [9.17, 15) is 4.79 Å². The van der Waals surface area contributed by atoms with Crippen LogP contribution < -0.4 is 10.1 Å². The number of nitrogens with zero attached hydrogens (tertiary/aromatic N) is 3. The minimum Gasteiger partial charge on any atom is -0.495 e. The Hall–Kier alpha value is -3.62. The summed E-state index contributed by atoms with van der Waals surface area (Å²) in [6.07, 6.45) is 3.66. The molecule has 1 saturated heterocycles. The summed E-state index contributed by atoms with van der Waals surface area (Å²) in [6.45, 7) is 6.99. The average Bonchev–Trinajstić information content (AvgIpc) is 3.54. The van der Waals surface area contributed by atoms with Gasteiger partial charge in [0.2, 0.25) is 0 Å². The van der Waals surface area contributed by atoms with Gasteiger partial charge in [0.15, 0.2) is 6.39 Å².